The number of aromatic nitrogens is 2. The van der Waals surface area contributed by atoms with Crippen molar-refractivity contribution in [1.29, 1.82) is 0 Å². The van der Waals surface area contributed by atoms with E-state index >= 15 is 0 Å². The van der Waals surface area contributed by atoms with Gasteiger partial charge >= 0.3 is 5.97 Å². The zero-order valence-electron chi connectivity index (χ0n) is 19.1. The van der Waals surface area contributed by atoms with Gasteiger partial charge in [-0.1, -0.05) is 65.7 Å². The Bertz CT molecular complexity index is 1340. The molecule has 0 unspecified atom stereocenters. The van der Waals surface area contributed by atoms with Crippen LogP contribution in [-0.2, 0) is 11.3 Å². The predicted octanol–water partition coefficient (Wildman–Crippen LogP) is 7.57. The van der Waals surface area contributed by atoms with E-state index in [1.165, 1.54) is 0 Å². The van der Waals surface area contributed by atoms with Crippen molar-refractivity contribution in [3.8, 4) is 28.1 Å². The van der Waals surface area contributed by atoms with E-state index in [1.54, 1.807) is 19.2 Å². The number of imidazole rings is 1. The largest absolute Gasteiger partial charge is 0.497 e. The highest BCUT2D eigenvalue weighted by Gasteiger charge is 2.12. The number of benzene rings is 3. The van der Waals surface area contributed by atoms with Crippen LogP contribution in [0.1, 0.15) is 24.2 Å². The molecule has 0 saturated carbocycles. The fourth-order valence-electron chi connectivity index (χ4n) is 3.71. The summed E-state index contributed by atoms with van der Waals surface area (Å²) in [5.74, 6) is 0.724. The Hall–Kier alpha value is -3.54. The van der Waals surface area contributed by atoms with Crippen molar-refractivity contribution in [1.82, 2.24) is 9.55 Å². The molecule has 0 radical (unpaired) electrons. The molecule has 35 heavy (non-hydrogen) atoms. The third kappa shape index (κ3) is 6.32. The van der Waals surface area contributed by atoms with Gasteiger partial charge in [-0.25, -0.2) is 4.98 Å². The second-order valence-corrected chi connectivity index (χ2v) is 8.83. The van der Waals surface area contributed by atoms with Crippen LogP contribution in [0, 0.1) is 0 Å². The average molecular weight is 507 g/mol. The van der Waals surface area contributed by atoms with Gasteiger partial charge in [-0.15, -0.1) is 0 Å². The third-order valence-electron chi connectivity index (χ3n) is 5.56. The molecule has 1 N–H and O–H groups in total. The number of carboxylic acids is 1. The second kappa shape index (κ2) is 11.3. The van der Waals surface area contributed by atoms with E-state index < -0.39 is 5.97 Å². The number of carboxylic acid groups (broad SMARTS) is 1. The van der Waals surface area contributed by atoms with Crippen molar-refractivity contribution in [2.75, 3.05) is 7.11 Å². The first kappa shape index (κ1) is 24.6. The topological polar surface area (TPSA) is 64.4 Å². The van der Waals surface area contributed by atoms with E-state index in [-0.39, 0.29) is 6.42 Å². The molecule has 1 heterocycles. The van der Waals surface area contributed by atoms with E-state index in [0.717, 1.165) is 33.8 Å². The van der Waals surface area contributed by atoms with Crippen molar-refractivity contribution in [2.24, 2.45) is 0 Å². The van der Waals surface area contributed by atoms with Crippen LogP contribution in [0.2, 0.25) is 10.0 Å². The fourth-order valence-corrected chi connectivity index (χ4v) is 4.22. The molecule has 7 heteroatoms. The molecule has 0 saturated heterocycles. The summed E-state index contributed by atoms with van der Waals surface area (Å²) in [7, 11) is 1.65. The van der Waals surface area contributed by atoms with Gasteiger partial charge in [-0.05, 0) is 59.5 Å². The number of hydrogen-bond donors (Lipinski definition) is 1. The Morgan fingerprint density at radius 2 is 1.69 bits per heavy atom. The number of aliphatic carboxylic acids is 1. The summed E-state index contributed by atoms with van der Waals surface area (Å²) in [6, 6.07) is 21.5. The number of halogens is 2. The van der Waals surface area contributed by atoms with Gasteiger partial charge in [0.05, 0.1) is 17.8 Å². The Morgan fingerprint density at radius 3 is 2.31 bits per heavy atom. The Balaban J connectivity index is 1.57. The van der Waals surface area contributed by atoms with Gasteiger partial charge in [0, 0.05) is 29.7 Å². The van der Waals surface area contributed by atoms with Crippen LogP contribution in [-0.4, -0.2) is 27.7 Å². The lowest BCUT2D eigenvalue weighted by molar-refractivity contribution is -0.137. The first-order valence-electron chi connectivity index (χ1n) is 11.1. The number of rotatable bonds is 9. The average Bonchev–Trinajstić information content (AvgIpc) is 3.25. The number of hydrogen-bond acceptors (Lipinski definition) is 3. The molecule has 5 nitrogen and oxygen atoms in total. The van der Waals surface area contributed by atoms with Crippen LogP contribution in [0.15, 0.2) is 72.9 Å². The Morgan fingerprint density at radius 1 is 1.00 bits per heavy atom. The maximum absolute atomic E-state index is 11.0. The molecule has 0 aliphatic rings. The van der Waals surface area contributed by atoms with E-state index in [2.05, 4.69) is 12.1 Å². The lowest BCUT2D eigenvalue weighted by atomic mass is 10.0. The van der Waals surface area contributed by atoms with Crippen molar-refractivity contribution >= 4 is 41.3 Å². The van der Waals surface area contributed by atoms with Gasteiger partial charge in [0.2, 0.25) is 0 Å². The van der Waals surface area contributed by atoms with Gasteiger partial charge in [0.15, 0.2) is 0 Å². The summed E-state index contributed by atoms with van der Waals surface area (Å²) in [6.45, 7) is 0.528. The summed E-state index contributed by atoms with van der Waals surface area (Å²) in [5.41, 5.74) is 4.72. The molecule has 4 rings (SSSR count). The fraction of sp³-hybridized carbons (Fsp3) is 0.143. The van der Waals surface area contributed by atoms with Gasteiger partial charge < -0.3 is 14.4 Å². The normalized spacial score (nSPS) is 11.2. The summed E-state index contributed by atoms with van der Waals surface area (Å²) < 4.78 is 7.18. The maximum atomic E-state index is 11.0. The third-order valence-corrected chi connectivity index (χ3v) is 6.11. The van der Waals surface area contributed by atoms with E-state index in [4.69, 9.17) is 38.0 Å². The van der Waals surface area contributed by atoms with Gasteiger partial charge in [0.25, 0.3) is 0 Å². The minimum atomic E-state index is -0.819. The molecule has 0 atom stereocenters. The SMILES string of the molecule is COc1ccc(-c2ccc(/C=C/c3nc(-c4ccc(Cl)cc4Cl)cn3CCCC(=O)O)cc2)cc1. The standard InChI is InChI=1S/C28H24Cl2N2O3/c1-35-23-12-9-21(10-13-23)20-7-4-19(5-8-20)6-15-27-31-26(18-32(27)16-2-3-28(33)34)24-14-11-22(29)17-25(24)30/h4-15,17-18H,2-3,16H2,1H3,(H,33,34)/b15-6+. The van der Waals surface area contributed by atoms with E-state index in [0.29, 0.717) is 28.7 Å². The molecule has 0 spiro atoms. The van der Waals surface area contributed by atoms with Crippen molar-refractivity contribution < 1.29 is 14.6 Å². The molecule has 0 aliphatic heterocycles. The molecule has 1 aromatic heterocycles. The monoisotopic (exact) mass is 506 g/mol. The highest BCUT2D eigenvalue weighted by molar-refractivity contribution is 6.36. The van der Waals surface area contributed by atoms with Crippen molar-refractivity contribution in [3.63, 3.8) is 0 Å². The van der Waals surface area contributed by atoms with Crippen LogP contribution >= 0.6 is 23.2 Å². The van der Waals surface area contributed by atoms with Gasteiger partial charge in [0.1, 0.15) is 11.6 Å². The molecule has 178 valence electrons. The quantitative estimate of drug-likeness (QED) is 0.254. The highest BCUT2D eigenvalue weighted by atomic mass is 35.5. The van der Waals surface area contributed by atoms with E-state index in [1.807, 2.05) is 65.4 Å². The predicted molar refractivity (Wildman–Crippen MR) is 142 cm³/mol. The molecule has 3 aromatic carbocycles. The number of methoxy groups -OCH3 is 1. The minimum absolute atomic E-state index is 0.0885. The lowest BCUT2D eigenvalue weighted by Gasteiger charge is -2.05. The summed E-state index contributed by atoms with van der Waals surface area (Å²) in [4.78, 5) is 15.7. The van der Waals surface area contributed by atoms with Crippen molar-refractivity contribution in [2.45, 2.75) is 19.4 Å². The minimum Gasteiger partial charge on any atom is -0.497 e. The smallest absolute Gasteiger partial charge is 0.303 e. The maximum Gasteiger partial charge on any atom is 0.303 e. The lowest BCUT2D eigenvalue weighted by Crippen LogP contribution is -2.02. The van der Waals surface area contributed by atoms with Crippen LogP contribution in [0.5, 0.6) is 5.75 Å². The van der Waals surface area contributed by atoms with Crippen LogP contribution in [0.4, 0.5) is 0 Å². The van der Waals surface area contributed by atoms with Crippen LogP contribution in [0.25, 0.3) is 34.5 Å². The summed E-state index contributed by atoms with van der Waals surface area (Å²) in [5, 5.41) is 10.1. The molecular formula is C28H24Cl2N2O3. The number of nitrogens with zero attached hydrogens (tertiary/aromatic N) is 2. The van der Waals surface area contributed by atoms with Crippen LogP contribution in [0.3, 0.4) is 0 Å². The molecular weight excluding hydrogens is 483 g/mol. The first-order valence-corrected chi connectivity index (χ1v) is 11.9. The van der Waals surface area contributed by atoms with Crippen LogP contribution < -0.4 is 4.74 Å². The van der Waals surface area contributed by atoms with Crippen molar-refractivity contribution in [3.05, 3.63) is 94.4 Å². The summed E-state index contributed by atoms with van der Waals surface area (Å²) >= 11 is 12.4. The molecule has 0 bridgehead atoms. The molecule has 0 aliphatic carbocycles. The van der Waals surface area contributed by atoms with Gasteiger partial charge in [-0.2, -0.15) is 0 Å². The zero-order chi connectivity index (χ0) is 24.8. The number of ether oxygens (including phenoxy) is 1. The molecule has 0 fully saturated rings. The van der Waals surface area contributed by atoms with E-state index in [9.17, 15) is 4.79 Å². The first-order chi connectivity index (χ1) is 16.9. The second-order valence-electron chi connectivity index (χ2n) is 7.98. The zero-order valence-corrected chi connectivity index (χ0v) is 20.6. The number of carbonyl (C=O) groups is 1. The number of aryl methyl sites for hydroxylation is 1. The summed E-state index contributed by atoms with van der Waals surface area (Å²) in [6.07, 6.45) is 6.39. The molecule has 4 aromatic rings. The highest BCUT2D eigenvalue weighted by Crippen LogP contribution is 2.30. The Kier molecular flexibility index (Phi) is 7.91. The van der Waals surface area contributed by atoms with Gasteiger partial charge in [-0.3, -0.25) is 4.79 Å². The molecule has 0 amide bonds. The Labute approximate surface area is 214 Å².